The zero-order valence-corrected chi connectivity index (χ0v) is 14.9. The normalized spacial score (nSPS) is 29.4. The molecule has 1 saturated heterocycles. The first-order chi connectivity index (χ1) is 12.2. The lowest BCUT2D eigenvalue weighted by Gasteiger charge is -2.28. The second kappa shape index (κ2) is 7.17. The Balaban J connectivity index is 1.32. The fraction of sp³-hybridized carbons (Fsp3) is 0.619. The maximum atomic E-state index is 13.0. The van der Waals surface area contributed by atoms with E-state index in [-0.39, 0.29) is 0 Å². The number of fused-ring (bicyclic) bond motifs is 2. The summed E-state index contributed by atoms with van der Waals surface area (Å²) in [5, 5.41) is 8.90. The Bertz CT molecular complexity index is 663. The number of nitrogens with zero attached hydrogens (tertiary/aromatic N) is 3. The molecule has 1 aromatic rings. The third kappa shape index (κ3) is 3.57. The SMILES string of the molecule is N#Cc1ccc(CN2CCCN(C(=O)C3CC4CCC3C4)CC2)cc1. The molecule has 0 radical (unpaired) electrons. The molecule has 1 heterocycles. The van der Waals surface area contributed by atoms with Gasteiger partial charge in [0.1, 0.15) is 0 Å². The van der Waals surface area contributed by atoms with Gasteiger partial charge in [0, 0.05) is 38.6 Å². The van der Waals surface area contributed by atoms with E-state index < -0.39 is 0 Å². The number of hydrogen-bond donors (Lipinski definition) is 0. The van der Waals surface area contributed by atoms with Crippen molar-refractivity contribution < 1.29 is 4.79 Å². The summed E-state index contributed by atoms with van der Waals surface area (Å²) in [5.41, 5.74) is 1.95. The molecule has 1 aromatic carbocycles. The van der Waals surface area contributed by atoms with Gasteiger partial charge >= 0.3 is 0 Å². The minimum Gasteiger partial charge on any atom is -0.341 e. The van der Waals surface area contributed by atoms with Gasteiger partial charge in [-0.1, -0.05) is 18.6 Å². The lowest BCUT2D eigenvalue weighted by Crippen LogP contribution is -2.40. The molecular formula is C21H27N3O. The van der Waals surface area contributed by atoms with E-state index in [1.807, 2.05) is 24.3 Å². The molecule has 1 aliphatic heterocycles. The Labute approximate surface area is 150 Å². The average Bonchev–Trinajstić information content (AvgIpc) is 3.20. The highest BCUT2D eigenvalue weighted by Crippen LogP contribution is 2.48. The molecule has 2 aliphatic carbocycles. The van der Waals surface area contributed by atoms with Crippen molar-refractivity contribution in [3.8, 4) is 6.07 Å². The van der Waals surface area contributed by atoms with Crippen molar-refractivity contribution in [1.29, 1.82) is 5.26 Å². The molecule has 3 atom stereocenters. The van der Waals surface area contributed by atoms with E-state index in [9.17, 15) is 4.79 Å². The predicted octanol–water partition coefficient (Wildman–Crippen LogP) is 3.03. The zero-order valence-electron chi connectivity index (χ0n) is 14.9. The van der Waals surface area contributed by atoms with E-state index >= 15 is 0 Å². The first-order valence-corrected chi connectivity index (χ1v) is 9.73. The van der Waals surface area contributed by atoms with Crippen LogP contribution in [0.5, 0.6) is 0 Å². The summed E-state index contributed by atoms with van der Waals surface area (Å²) in [6, 6.07) is 10.0. The van der Waals surface area contributed by atoms with Gasteiger partial charge in [0.15, 0.2) is 0 Å². The van der Waals surface area contributed by atoms with Crippen LogP contribution in [0.2, 0.25) is 0 Å². The van der Waals surface area contributed by atoms with Gasteiger partial charge in [0.2, 0.25) is 5.91 Å². The van der Waals surface area contributed by atoms with Gasteiger partial charge in [-0.15, -0.1) is 0 Å². The highest BCUT2D eigenvalue weighted by Gasteiger charge is 2.44. The van der Waals surface area contributed by atoms with E-state index in [4.69, 9.17) is 5.26 Å². The molecule has 132 valence electrons. The van der Waals surface area contributed by atoms with Gasteiger partial charge in [0.25, 0.3) is 0 Å². The molecule has 3 aliphatic rings. The number of carbonyl (C=O) groups is 1. The number of rotatable bonds is 3. The summed E-state index contributed by atoms with van der Waals surface area (Å²) in [6.45, 7) is 4.68. The van der Waals surface area contributed by atoms with Crippen molar-refractivity contribution in [1.82, 2.24) is 9.80 Å². The van der Waals surface area contributed by atoms with Crippen LogP contribution >= 0.6 is 0 Å². The third-order valence-corrected chi connectivity index (χ3v) is 6.44. The second-order valence-corrected chi connectivity index (χ2v) is 8.05. The van der Waals surface area contributed by atoms with Crippen LogP contribution in [0.1, 0.15) is 43.2 Å². The average molecular weight is 337 g/mol. The van der Waals surface area contributed by atoms with E-state index in [1.54, 1.807) is 0 Å². The van der Waals surface area contributed by atoms with Crippen LogP contribution in [0.15, 0.2) is 24.3 Å². The van der Waals surface area contributed by atoms with Crippen LogP contribution < -0.4 is 0 Å². The van der Waals surface area contributed by atoms with Crippen molar-refractivity contribution in [2.75, 3.05) is 26.2 Å². The van der Waals surface area contributed by atoms with Crippen LogP contribution in [0.25, 0.3) is 0 Å². The monoisotopic (exact) mass is 337 g/mol. The second-order valence-electron chi connectivity index (χ2n) is 8.05. The zero-order chi connectivity index (χ0) is 17.2. The molecule has 3 fully saturated rings. The Morgan fingerprint density at radius 3 is 2.60 bits per heavy atom. The van der Waals surface area contributed by atoms with E-state index in [0.717, 1.165) is 51.5 Å². The summed E-state index contributed by atoms with van der Waals surface area (Å²) in [6.07, 6.45) is 6.14. The van der Waals surface area contributed by atoms with Crippen LogP contribution in [-0.2, 0) is 11.3 Å². The van der Waals surface area contributed by atoms with Crippen LogP contribution in [0.4, 0.5) is 0 Å². The quantitative estimate of drug-likeness (QED) is 0.852. The Morgan fingerprint density at radius 2 is 1.92 bits per heavy atom. The maximum absolute atomic E-state index is 13.0. The molecular weight excluding hydrogens is 310 g/mol. The van der Waals surface area contributed by atoms with Gasteiger partial charge < -0.3 is 4.90 Å². The highest BCUT2D eigenvalue weighted by atomic mass is 16.2. The molecule has 1 amide bonds. The fourth-order valence-electron chi connectivity index (χ4n) is 5.07. The first-order valence-electron chi connectivity index (χ1n) is 9.73. The van der Waals surface area contributed by atoms with Crippen molar-refractivity contribution in [2.45, 2.75) is 38.6 Å². The van der Waals surface area contributed by atoms with Gasteiger partial charge in [-0.05, 0) is 55.2 Å². The standard InChI is InChI=1S/C21H27N3O/c22-14-16-2-4-17(5-3-16)15-23-8-1-9-24(11-10-23)21(25)20-13-18-6-7-19(20)12-18/h2-5,18-20H,1,6-13,15H2. The van der Waals surface area contributed by atoms with E-state index in [0.29, 0.717) is 23.3 Å². The fourth-order valence-corrected chi connectivity index (χ4v) is 5.07. The molecule has 25 heavy (non-hydrogen) atoms. The largest absolute Gasteiger partial charge is 0.341 e. The minimum absolute atomic E-state index is 0.323. The Morgan fingerprint density at radius 1 is 1.08 bits per heavy atom. The van der Waals surface area contributed by atoms with Gasteiger partial charge in [-0.25, -0.2) is 0 Å². The van der Waals surface area contributed by atoms with E-state index in [2.05, 4.69) is 15.9 Å². The summed E-state index contributed by atoms with van der Waals surface area (Å²) >= 11 is 0. The van der Waals surface area contributed by atoms with Crippen LogP contribution in [0.3, 0.4) is 0 Å². The number of nitriles is 1. The summed E-state index contributed by atoms with van der Waals surface area (Å²) < 4.78 is 0. The lowest BCUT2D eigenvalue weighted by molar-refractivity contribution is -0.137. The molecule has 3 unspecified atom stereocenters. The molecule has 0 N–H and O–H groups in total. The topological polar surface area (TPSA) is 47.3 Å². The molecule has 2 bridgehead atoms. The van der Waals surface area contributed by atoms with Crippen LogP contribution in [0, 0.1) is 29.1 Å². The number of carbonyl (C=O) groups excluding carboxylic acids is 1. The molecule has 4 rings (SSSR count). The summed E-state index contributed by atoms with van der Waals surface area (Å²) in [5.74, 6) is 2.27. The molecule has 0 aromatic heterocycles. The third-order valence-electron chi connectivity index (χ3n) is 6.44. The number of hydrogen-bond acceptors (Lipinski definition) is 3. The van der Waals surface area contributed by atoms with Gasteiger partial charge in [-0.3, -0.25) is 9.69 Å². The lowest BCUT2D eigenvalue weighted by atomic mass is 9.87. The number of amides is 1. The summed E-state index contributed by atoms with van der Waals surface area (Å²) in [7, 11) is 0. The molecule has 4 nitrogen and oxygen atoms in total. The van der Waals surface area contributed by atoms with Crippen molar-refractivity contribution in [3.05, 3.63) is 35.4 Å². The Kier molecular flexibility index (Phi) is 4.76. The van der Waals surface area contributed by atoms with Gasteiger partial charge in [0.05, 0.1) is 11.6 Å². The van der Waals surface area contributed by atoms with Crippen molar-refractivity contribution in [2.24, 2.45) is 17.8 Å². The van der Waals surface area contributed by atoms with E-state index in [1.165, 1.54) is 24.8 Å². The first kappa shape index (κ1) is 16.6. The smallest absolute Gasteiger partial charge is 0.226 e. The Hall–Kier alpha value is -1.86. The predicted molar refractivity (Wildman–Crippen MR) is 96.6 cm³/mol. The maximum Gasteiger partial charge on any atom is 0.226 e. The van der Waals surface area contributed by atoms with Crippen molar-refractivity contribution >= 4 is 5.91 Å². The van der Waals surface area contributed by atoms with Gasteiger partial charge in [-0.2, -0.15) is 5.26 Å². The van der Waals surface area contributed by atoms with Crippen LogP contribution in [-0.4, -0.2) is 41.9 Å². The van der Waals surface area contributed by atoms with Crippen molar-refractivity contribution in [3.63, 3.8) is 0 Å². The minimum atomic E-state index is 0.323. The number of benzene rings is 1. The summed E-state index contributed by atoms with van der Waals surface area (Å²) in [4.78, 5) is 17.5. The highest BCUT2D eigenvalue weighted by molar-refractivity contribution is 5.79. The molecule has 2 saturated carbocycles. The molecule has 4 heteroatoms. The molecule has 0 spiro atoms.